The molecule has 198 valence electrons. The Hall–Kier alpha value is -3.44. The van der Waals surface area contributed by atoms with Crippen molar-refractivity contribution < 1.29 is 35.9 Å². The Kier molecular flexibility index (Phi) is 8.60. The number of hydrogen-bond donors (Lipinski definition) is 1. The van der Waals surface area contributed by atoms with E-state index in [0.29, 0.717) is 27.4 Å². The predicted molar refractivity (Wildman–Crippen MR) is 134 cm³/mol. The van der Waals surface area contributed by atoms with Gasteiger partial charge in [-0.25, -0.2) is 8.42 Å². The fourth-order valence-corrected chi connectivity index (χ4v) is 5.30. The van der Waals surface area contributed by atoms with Gasteiger partial charge < -0.3 is 14.8 Å². The predicted octanol–water partition coefficient (Wildman–Crippen LogP) is 5.45. The molecule has 0 radical (unpaired) electrons. The van der Waals surface area contributed by atoms with Crippen LogP contribution in [0.4, 0.5) is 18.9 Å². The Morgan fingerprint density at radius 1 is 1.03 bits per heavy atom. The van der Waals surface area contributed by atoms with Gasteiger partial charge in [0, 0.05) is 5.56 Å². The van der Waals surface area contributed by atoms with E-state index in [-0.39, 0.29) is 9.92 Å². The van der Waals surface area contributed by atoms with Crippen molar-refractivity contribution in [2.75, 3.05) is 25.1 Å². The molecule has 0 aromatic heterocycles. The molecule has 0 bridgehead atoms. The minimum atomic E-state index is -4.76. The van der Waals surface area contributed by atoms with E-state index in [2.05, 4.69) is 5.32 Å². The molecule has 0 unspecified atom stereocenters. The lowest BCUT2D eigenvalue weighted by Gasteiger charge is -2.27. The summed E-state index contributed by atoms with van der Waals surface area (Å²) >= 11 is 6.16. The number of nitrogens with zero attached hydrogens (tertiary/aromatic N) is 1. The molecule has 0 spiro atoms. The fourth-order valence-electron chi connectivity index (χ4n) is 3.57. The molecule has 1 N–H and O–H groups in total. The zero-order valence-corrected chi connectivity index (χ0v) is 21.6. The second-order valence-corrected chi connectivity index (χ2v) is 10.2. The number of carbonyl (C=O) groups is 1. The second-order valence-electron chi connectivity index (χ2n) is 7.89. The third-order valence-electron chi connectivity index (χ3n) is 5.44. The van der Waals surface area contributed by atoms with Crippen molar-refractivity contribution in [3.8, 4) is 11.5 Å². The summed E-state index contributed by atoms with van der Waals surface area (Å²) in [5.74, 6) is 0.162. The first kappa shape index (κ1) is 28.1. The molecule has 0 heterocycles. The lowest BCUT2D eigenvalue weighted by atomic mass is 10.1. The highest BCUT2D eigenvalue weighted by Gasteiger charge is 2.34. The molecule has 1 atom stereocenters. The summed E-state index contributed by atoms with van der Waals surface area (Å²) in [4.78, 5) is 12.9. The molecule has 12 heteroatoms. The Labute approximate surface area is 217 Å². The first-order valence-electron chi connectivity index (χ1n) is 10.8. The van der Waals surface area contributed by atoms with Crippen molar-refractivity contribution in [2.24, 2.45) is 0 Å². The Morgan fingerprint density at radius 3 is 2.30 bits per heavy atom. The molecular weight excluding hydrogens is 533 g/mol. The first-order chi connectivity index (χ1) is 17.4. The van der Waals surface area contributed by atoms with Crippen molar-refractivity contribution in [2.45, 2.75) is 24.0 Å². The molecule has 3 aromatic carbocycles. The number of nitrogens with one attached hydrogen (secondary N) is 1. The van der Waals surface area contributed by atoms with E-state index in [1.165, 1.54) is 38.5 Å². The number of anilines is 1. The van der Waals surface area contributed by atoms with Gasteiger partial charge in [0.05, 0.1) is 41.4 Å². The number of carbonyl (C=O) groups excluding carboxylic acids is 1. The number of alkyl halides is 3. The molecule has 0 saturated heterocycles. The maximum absolute atomic E-state index is 13.5. The molecule has 0 aliphatic rings. The Balaban J connectivity index is 2.01. The lowest BCUT2D eigenvalue weighted by Crippen LogP contribution is -2.41. The average molecular weight is 557 g/mol. The van der Waals surface area contributed by atoms with Gasteiger partial charge in [-0.05, 0) is 55.5 Å². The highest BCUT2D eigenvalue weighted by atomic mass is 35.5. The van der Waals surface area contributed by atoms with Crippen LogP contribution in [0.15, 0.2) is 71.6 Å². The van der Waals surface area contributed by atoms with Gasteiger partial charge in [0.25, 0.3) is 10.0 Å². The SMILES string of the molecule is COc1ccc(OC)c([C@@H](C)NC(=O)CN(c2cc(C(F)(F)F)ccc2Cl)S(=O)(=O)c2ccccc2)c1. The smallest absolute Gasteiger partial charge is 0.416 e. The van der Waals surface area contributed by atoms with Crippen molar-refractivity contribution in [1.29, 1.82) is 0 Å². The fraction of sp³-hybridized carbons (Fsp3) is 0.240. The number of methoxy groups -OCH3 is 2. The topological polar surface area (TPSA) is 84.9 Å². The summed E-state index contributed by atoms with van der Waals surface area (Å²) in [5.41, 5.74) is -1.05. The molecule has 0 fully saturated rings. The summed E-state index contributed by atoms with van der Waals surface area (Å²) < 4.78 is 78.4. The third-order valence-corrected chi connectivity index (χ3v) is 7.54. The van der Waals surface area contributed by atoms with E-state index in [9.17, 15) is 26.4 Å². The Bertz CT molecular complexity index is 1370. The zero-order valence-electron chi connectivity index (χ0n) is 20.0. The van der Waals surface area contributed by atoms with E-state index >= 15 is 0 Å². The van der Waals surface area contributed by atoms with Gasteiger partial charge in [-0.2, -0.15) is 13.2 Å². The molecule has 3 rings (SSSR count). The van der Waals surface area contributed by atoms with Gasteiger partial charge in [-0.3, -0.25) is 9.10 Å². The summed E-state index contributed by atoms with van der Waals surface area (Å²) in [6.45, 7) is 0.803. The van der Waals surface area contributed by atoms with Crippen LogP contribution in [0.2, 0.25) is 5.02 Å². The van der Waals surface area contributed by atoms with Crippen LogP contribution in [0, 0.1) is 0 Å². The van der Waals surface area contributed by atoms with Gasteiger partial charge in [0.15, 0.2) is 0 Å². The molecule has 1 amide bonds. The van der Waals surface area contributed by atoms with Crippen LogP contribution in [0.5, 0.6) is 11.5 Å². The van der Waals surface area contributed by atoms with E-state index in [1.54, 1.807) is 31.2 Å². The third kappa shape index (κ3) is 6.47. The van der Waals surface area contributed by atoms with E-state index < -0.39 is 45.9 Å². The summed E-state index contributed by atoms with van der Waals surface area (Å²) in [5, 5.41) is 2.39. The van der Waals surface area contributed by atoms with E-state index in [1.807, 2.05) is 0 Å². The van der Waals surface area contributed by atoms with Crippen LogP contribution in [-0.4, -0.2) is 35.1 Å². The maximum Gasteiger partial charge on any atom is 0.416 e. The van der Waals surface area contributed by atoms with Crippen molar-refractivity contribution in [1.82, 2.24) is 5.32 Å². The highest BCUT2D eigenvalue weighted by Crippen LogP contribution is 2.37. The average Bonchev–Trinajstić information content (AvgIpc) is 2.87. The number of amides is 1. The number of ether oxygens (including phenoxy) is 2. The molecule has 7 nitrogen and oxygen atoms in total. The number of rotatable bonds is 9. The van der Waals surface area contributed by atoms with Crippen LogP contribution >= 0.6 is 11.6 Å². The minimum Gasteiger partial charge on any atom is -0.497 e. The van der Waals surface area contributed by atoms with Crippen LogP contribution in [-0.2, 0) is 21.0 Å². The van der Waals surface area contributed by atoms with Crippen LogP contribution in [0.1, 0.15) is 24.1 Å². The van der Waals surface area contributed by atoms with Gasteiger partial charge in [-0.15, -0.1) is 0 Å². The van der Waals surface area contributed by atoms with Gasteiger partial charge in [0.2, 0.25) is 5.91 Å². The molecule has 3 aromatic rings. The molecule has 0 aliphatic carbocycles. The minimum absolute atomic E-state index is 0.223. The summed E-state index contributed by atoms with van der Waals surface area (Å²) in [7, 11) is -1.56. The normalized spacial score (nSPS) is 12.5. The van der Waals surface area contributed by atoms with Gasteiger partial charge in [-0.1, -0.05) is 29.8 Å². The van der Waals surface area contributed by atoms with E-state index in [4.69, 9.17) is 21.1 Å². The molecule has 37 heavy (non-hydrogen) atoms. The van der Waals surface area contributed by atoms with Gasteiger partial charge >= 0.3 is 6.18 Å². The van der Waals surface area contributed by atoms with Crippen LogP contribution in [0.25, 0.3) is 0 Å². The van der Waals surface area contributed by atoms with Crippen molar-refractivity contribution in [3.05, 3.63) is 82.9 Å². The van der Waals surface area contributed by atoms with Gasteiger partial charge in [0.1, 0.15) is 18.0 Å². The number of halogens is 4. The monoisotopic (exact) mass is 556 g/mol. The number of benzene rings is 3. The van der Waals surface area contributed by atoms with Crippen molar-refractivity contribution >= 4 is 33.2 Å². The molecule has 0 aliphatic heterocycles. The summed E-state index contributed by atoms with van der Waals surface area (Å²) in [6, 6.07) is 13.6. The lowest BCUT2D eigenvalue weighted by molar-refractivity contribution is -0.137. The molecular formula is C25H24ClF3N2O5S. The largest absolute Gasteiger partial charge is 0.497 e. The van der Waals surface area contributed by atoms with Crippen LogP contribution in [0.3, 0.4) is 0 Å². The quantitative estimate of drug-likeness (QED) is 0.379. The number of hydrogen-bond acceptors (Lipinski definition) is 5. The number of sulfonamides is 1. The highest BCUT2D eigenvalue weighted by molar-refractivity contribution is 7.92. The first-order valence-corrected chi connectivity index (χ1v) is 12.7. The standard InChI is InChI=1S/C25H24ClF3N2O5S/c1-16(20-14-18(35-2)10-12-23(20)36-3)30-24(32)15-31(37(33,34)19-7-5-4-6-8-19)22-13-17(25(27,28)29)9-11-21(22)26/h4-14,16H,15H2,1-3H3,(H,30,32)/t16-/m1/s1. The second kappa shape index (κ2) is 11.3. The van der Waals surface area contributed by atoms with Crippen molar-refractivity contribution in [3.63, 3.8) is 0 Å². The molecule has 0 saturated carbocycles. The zero-order chi connectivity index (χ0) is 27.4. The maximum atomic E-state index is 13.5. The van der Waals surface area contributed by atoms with Crippen LogP contribution < -0.4 is 19.1 Å². The summed E-state index contributed by atoms with van der Waals surface area (Å²) in [6.07, 6.45) is -4.76. The van der Waals surface area contributed by atoms with E-state index in [0.717, 1.165) is 12.1 Å². The Morgan fingerprint density at radius 2 is 1.70 bits per heavy atom.